The lowest BCUT2D eigenvalue weighted by Crippen LogP contribution is -2.37. The zero-order valence-corrected chi connectivity index (χ0v) is 13.2. The SMILES string of the molecule is CCc1nccn1[C@H]1CCCN(c2cc(N)ccc2[N+](=O)[O-])C1. The van der Waals surface area contributed by atoms with Gasteiger partial charge in [-0.15, -0.1) is 0 Å². The van der Waals surface area contributed by atoms with Gasteiger partial charge in [0.2, 0.25) is 0 Å². The van der Waals surface area contributed by atoms with Crippen LogP contribution in [0.4, 0.5) is 17.1 Å². The van der Waals surface area contributed by atoms with Crippen molar-refractivity contribution in [1.29, 1.82) is 0 Å². The Bertz CT molecular complexity index is 712. The van der Waals surface area contributed by atoms with Crippen LogP contribution >= 0.6 is 0 Å². The average molecular weight is 315 g/mol. The van der Waals surface area contributed by atoms with Gasteiger partial charge in [0.15, 0.2) is 0 Å². The maximum atomic E-state index is 11.3. The third-order valence-electron chi connectivity index (χ3n) is 4.39. The first-order chi connectivity index (χ1) is 11.1. The predicted molar refractivity (Wildman–Crippen MR) is 89.6 cm³/mol. The fraction of sp³-hybridized carbons (Fsp3) is 0.438. The molecule has 2 aromatic rings. The van der Waals surface area contributed by atoms with E-state index in [0.717, 1.165) is 38.2 Å². The molecule has 0 radical (unpaired) electrons. The van der Waals surface area contributed by atoms with E-state index in [0.29, 0.717) is 11.4 Å². The highest BCUT2D eigenvalue weighted by atomic mass is 16.6. The summed E-state index contributed by atoms with van der Waals surface area (Å²) >= 11 is 0. The predicted octanol–water partition coefficient (Wildman–Crippen LogP) is 2.78. The Morgan fingerprint density at radius 2 is 2.30 bits per heavy atom. The second-order valence-electron chi connectivity index (χ2n) is 5.85. The van der Waals surface area contributed by atoms with Gasteiger partial charge in [-0.05, 0) is 25.0 Å². The van der Waals surface area contributed by atoms with Crippen molar-refractivity contribution in [1.82, 2.24) is 9.55 Å². The quantitative estimate of drug-likeness (QED) is 0.532. The molecule has 0 aliphatic carbocycles. The minimum absolute atomic E-state index is 0.112. The maximum Gasteiger partial charge on any atom is 0.292 e. The zero-order valence-electron chi connectivity index (χ0n) is 13.2. The summed E-state index contributed by atoms with van der Waals surface area (Å²) in [5.74, 6) is 1.05. The van der Waals surface area contributed by atoms with E-state index in [1.807, 2.05) is 12.4 Å². The van der Waals surface area contributed by atoms with Gasteiger partial charge in [-0.25, -0.2) is 4.98 Å². The standard InChI is InChI=1S/C16H21N5O2/c1-2-16-18-7-9-20(16)13-4-3-8-19(11-13)15-10-12(17)5-6-14(15)21(22)23/h5-7,9-10,13H,2-4,8,11,17H2,1H3/t13-/m0/s1. The van der Waals surface area contributed by atoms with Gasteiger partial charge in [0.25, 0.3) is 5.69 Å². The van der Waals surface area contributed by atoms with Gasteiger partial charge in [-0.1, -0.05) is 6.92 Å². The van der Waals surface area contributed by atoms with Crippen molar-refractivity contribution in [3.05, 3.63) is 46.5 Å². The molecule has 2 N–H and O–H groups in total. The molecule has 1 atom stereocenters. The molecule has 1 aromatic heterocycles. The van der Waals surface area contributed by atoms with Crippen molar-refractivity contribution in [2.45, 2.75) is 32.2 Å². The first-order valence-corrected chi connectivity index (χ1v) is 7.90. The summed E-state index contributed by atoms with van der Waals surface area (Å²) in [5, 5.41) is 11.3. The molecule has 23 heavy (non-hydrogen) atoms. The summed E-state index contributed by atoms with van der Waals surface area (Å²) < 4.78 is 2.20. The van der Waals surface area contributed by atoms with Gasteiger partial charge in [0.1, 0.15) is 11.5 Å². The topological polar surface area (TPSA) is 90.2 Å². The van der Waals surface area contributed by atoms with E-state index in [4.69, 9.17) is 5.73 Å². The minimum Gasteiger partial charge on any atom is -0.399 e. The van der Waals surface area contributed by atoms with Gasteiger partial charge >= 0.3 is 0 Å². The van der Waals surface area contributed by atoms with Gasteiger partial charge in [-0.2, -0.15) is 0 Å². The molecule has 1 fully saturated rings. The minimum atomic E-state index is -0.340. The Morgan fingerprint density at radius 1 is 1.48 bits per heavy atom. The van der Waals surface area contributed by atoms with Crippen LogP contribution in [0.25, 0.3) is 0 Å². The summed E-state index contributed by atoms with van der Waals surface area (Å²) in [6.07, 6.45) is 6.73. The molecule has 7 nitrogen and oxygen atoms in total. The molecule has 0 spiro atoms. The van der Waals surface area contributed by atoms with Gasteiger partial charge in [0, 0.05) is 43.7 Å². The molecule has 0 saturated carbocycles. The smallest absolute Gasteiger partial charge is 0.292 e. The molecule has 1 aromatic carbocycles. The Hall–Kier alpha value is -2.57. The zero-order chi connectivity index (χ0) is 16.4. The van der Waals surface area contributed by atoms with E-state index in [9.17, 15) is 10.1 Å². The number of anilines is 2. The molecule has 1 aliphatic heterocycles. The molecule has 7 heteroatoms. The molecule has 0 unspecified atom stereocenters. The molecule has 3 rings (SSSR count). The summed E-state index contributed by atoms with van der Waals surface area (Å²) in [6, 6.07) is 5.05. The number of hydrogen-bond acceptors (Lipinski definition) is 5. The normalized spacial score (nSPS) is 18.1. The lowest BCUT2D eigenvalue weighted by molar-refractivity contribution is -0.384. The second-order valence-corrected chi connectivity index (χ2v) is 5.85. The third-order valence-corrected chi connectivity index (χ3v) is 4.39. The lowest BCUT2D eigenvalue weighted by Gasteiger charge is -2.35. The molecule has 122 valence electrons. The van der Waals surface area contributed by atoms with Crippen LogP contribution < -0.4 is 10.6 Å². The number of nitrogen functional groups attached to an aromatic ring is 1. The fourth-order valence-electron chi connectivity index (χ4n) is 3.30. The maximum absolute atomic E-state index is 11.3. The number of nitro groups is 1. The van der Waals surface area contributed by atoms with Crippen LogP contribution in [-0.2, 0) is 6.42 Å². The van der Waals surface area contributed by atoms with Crippen LogP contribution in [-0.4, -0.2) is 27.6 Å². The summed E-state index contributed by atoms with van der Waals surface area (Å²) in [7, 11) is 0. The van der Waals surface area contributed by atoms with E-state index < -0.39 is 0 Å². The van der Waals surface area contributed by atoms with E-state index >= 15 is 0 Å². The first kappa shape index (κ1) is 15.3. The highest BCUT2D eigenvalue weighted by molar-refractivity contribution is 5.69. The average Bonchev–Trinajstić information content (AvgIpc) is 3.03. The van der Waals surface area contributed by atoms with Crippen molar-refractivity contribution in [2.75, 3.05) is 23.7 Å². The van der Waals surface area contributed by atoms with Crippen LogP contribution in [0.3, 0.4) is 0 Å². The molecular weight excluding hydrogens is 294 g/mol. The fourth-order valence-corrected chi connectivity index (χ4v) is 3.30. The van der Waals surface area contributed by atoms with Crippen molar-refractivity contribution in [3.8, 4) is 0 Å². The number of benzene rings is 1. The highest BCUT2D eigenvalue weighted by Crippen LogP contribution is 2.34. The Labute approximate surface area is 134 Å². The van der Waals surface area contributed by atoms with Gasteiger partial charge in [0.05, 0.1) is 11.0 Å². The molecule has 1 saturated heterocycles. The van der Waals surface area contributed by atoms with E-state index in [1.165, 1.54) is 6.07 Å². The number of imidazole rings is 1. The monoisotopic (exact) mass is 315 g/mol. The third kappa shape index (κ3) is 2.99. The van der Waals surface area contributed by atoms with E-state index in [-0.39, 0.29) is 16.7 Å². The number of rotatable bonds is 4. The largest absolute Gasteiger partial charge is 0.399 e. The molecule has 2 heterocycles. The lowest BCUT2D eigenvalue weighted by atomic mass is 10.0. The van der Waals surface area contributed by atoms with E-state index in [2.05, 4.69) is 21.4 Å². The second kappa shape index (κ2) is 6.28. The van der Waals surface area contributed by atoms with Crippen molar-refractivity contribution in [3.63, 3.8) is 0 Å². The van der Waals surface area contributed by atoms with Gasteiger partial charge in [-0.3, -0.25) is 10.1 Å². The van der Waals surface area contributed by atoms with Crippen LogP contribution in [0.2, 0.25) is 0 Å². The Morgan fingerprint density at radius 3 is 3.04 bits per heavy atom. The van der Waals surface area contributed by atoms with Crippen LogP contribution in [0.15, 0.2) is 30.6 Å². The number of nitrogens with zero attached hydrogens (tertiary/aromatic N) is 4. The highest BCUT2D eigenvalue weighted by Gasteiger charge is 2.27. The first-order valence-electron chi connectivity index (χ1n) is 7.90. The molecule has 1 aliphatic rings. The number of aryl methyl sites for hydroxylation is 1. The number of nitro benzene ring substituents is 1. The van der Waals surface area contributed by atoms with Crippen LogP contribution in [0.1, 0.15) is 31.6 Å². The summed E-state index contributed by atoms with van der Waals surface area (Å²) in [5.41, 5.74) is 7.11. The summed E-state index contributed by atoms with van der Waals surface area (Å²) in [6.45, 7) is 3.62. The molecular formula is C16H21N5O2. The number of piperidine rings is 1. The molecule has 0 amide bonds. The van der Waals surface area contributed by atoms with Gasteiger partial charge < -0.3 is 15.2 Å². The molecule has 0 bridgehead atoms. The summed E-state index contributed by atoms with van der Waals surface area (Å²) in [4.78, 5) is 17.4. The number of hydrogen-bond donors (Lipinski definition) is 1. The number of aromatic nitrogens is 2. The Kier molecular flexibility index (Phi) is 4.18. The van der Waals surface area contributed by atoms with E-state index in [1.54, 1.807) is 12.1 Å². The number of nitrogens with two attached hydrogens (primary N) is 1. The van der Waals surface area contributed by atoms with Crippen LogP contribution in [0.5, 0.6) is 0 Å². The van der Waals surface area contributed by atoms with Crippen molar-refractivity contribution >= 4 is 17.1 Å². The Balaban J connectivity index is 1.90. The van der Waals surface area contributed by atoms with Crippen molar-refractivity contribution in [2.24, 2.45) is 0 Å². The van der Waals surface area contributed by atoms with Crippen molar-refractivity contribution < 1.29 is 4.92 Å². The van der Waals surface area contributed by atoms with Crippen LogP contribution in [0, 0.1) is 10.1 Å².